The van der Waals surface area contributed by atoms with Crippen molar-refractivity contribution in [3.8, 4) is 6.07 Å². The number of piperazine rings is 1. The van der Waals surface area contributed by atoms with Gasteiger partial charge in [-0.05, 0) is 87.4 Å². The third-order valence-corrected chi connectivity index (χ3v) is 12.8. The van der Waals surface area contributed by atoms with Crippen molar-refractivity contribution in [1.82, 2.24) is 25.3 Å². The number of amides is 1. The van der Waals surface area contributed by atoms with Gasteiger partial charge in [0.2, 0.25) is 5.91 Å². The number of benzene rings is 1. The zero-order valence-corrected chi connectivity index (χ0v) is 29.0. The lowest BCUT2D eigenvalue weighted by Crippen LogP contribution is -2.83. The monoisotopic (exact) mass is 676 g/mol. The van der Waals surface area contributed by atoms with E-state index >= 15 is 4.79 Å². The van der Waals surface area contributed by atoms with Crippen LogP contribution in [0.25, 0.3) is 0 Å². The molecule has 10 nitrogen and oxygen atoms in total. The molecule has 4 aliphatic heterocycles. The van der Waals surface area contributed by atoms with Gasteiger partial charge in [-0.15, -0.1) is 0 Å². The molecule has 266 valence electrons. The van der Waals surface area contributed by atoms with Gasteiger partial charge < -0.3 is 19.3 Å². The Labute approximate surface area is 290 Å². The van der Waals surface area contributed by atoms with Crippen molar-refractivity contribution in [2.75, 3.05) is 39.8 Å². The fraction of sp³-hybridized carbons (Fsp3) is 0.711. The Balaban J connectivity index is 1.26. The number of hydrogen-bond donors (Lipinski definition) is 2. The molecule has 6 unspecified atom stereocenters. The number of nitrogens with zero attached hydrogens (tertiary/aromatic N) is 4. The van der Waals surface area contributed by atoms with Crippen molar-refractivity contribution >= 4 is 11.7 Å². The predicted octanol–water partition coefficient (Wildman–Crippen LogP) is 3.85. The zero-order valence-electron chi connectivity index (χ0n) is 29.0. The summed E-state index contributed by atoms with van der Waals surface area (Å²) in [5.41, 5.74) is 0.211. The summed E-state index contributed by atoms with van der Waals surface area (Å²) in [4.78, 5) is 34.7. The molecule has 1 spiro atoms. The van der Waals surface area contributed by atoms with Crippen molar-refractivity contribution in [3.63, 3.8) is 0 Å². The van der Waals surface area contributed by atoms with Gasteiger partial charge in [-0.3, -0.25) is 25.1 Å². The third-order valence-electron chi connectivity index (χ3n) is 12.8. The number of Topliss-reactive ketones (excluding diaryl/α,β-unsaturated/α-hetero) is 1. The van der Waals surface area contributed by atoms with Crippen LogP contribution in [0.1, 0.15) is 81.8 Å². The van der Waals surface area contributed by atoms with Crippen LogP contribution in [0, 0.1) is 29.0 Å². The van der Waals surface area contributed by atoms with Crippen LogP contribution in [0.4, 0.5) is 4.39 Å². The molecule has 6 aliphatic rings. The molecule has 7 rings (SSSR count). The van der Waals surface area contributed by atoms with Crippen LogP contribution in [0.3, 0.4) is 0 Å². The normalized spacial score (nSPS) is 36.1. The molecule has 3 saturated heterocycles. The first kappa shape index (κ1) is 34.7. The van der Waals surface area contributed by atoms with Gasteiger partial charge in [-0.1, -0.05) is 38.3 Å². The van der Waals surface area contributed by atoms with E-state index in [4.69, 9.17) is 9.47 Å². The molecule has 7 atom stereocenters. The largest absolute Gasteiger partial charge is 0.362 e. The molecule has 2 saturated carbocycles. The van der Waals surface area contributed by atoms with Gasteiger partial charge in [-0.2, -0.15) is 5.26 Å². The summed E-state index contributed by atoms with van der Waals surface area (Å²) >= 11 is 0. The van der Waals surface area contributed by atoms with E-state index in [2.05, 4.69) is 40.1 Å². The molecule has 11 heteroatoms. The van der Waals surface area contributed by atoms with E-state index in [1.807, 2.05) is 6.07 Å². The average Bonchev–Trinajstić information content (AvgIpc) is 3.33. The lowest BCUT2D eigenvalue weighted by atomic mass is 9.61. The van der Waals surface area contributed by atoms with E-state index in [0.29, 0.717) is 45.1 Å². The first-order valence-electron chi connectivity index (χ1n) is 18.6. The molecule has 5 fully saturated rings. The highest BCUT2D eigenvalue weighted by molar-refractivity contribution is 5.94. The summed E-state index contributed by atoms with van der Waals surface area (Å²) < 4.78 is 27.3. The number of nitrogens with one attached hydrogen (secondary N) is 2. The van der Waals surface area contributed by atoms with Gasteiger partial charge in [-0.25, -0.2) is 4.39 Å². The summed E-state index contributed by atoms with van der Waals surface area (Å²) in [7, 11) is 2.15. The van der Waals surface area contributed by atoms with Crippen LogP contribution < -0.4 is 10.6 Å². The molecular weight excluding hydrogens is 623 g/mol. The summed E-state index contributed by atoms with van der Waals surface area (Å²) in [5.74, 6) is -0.207. The van der Waals surface area contributed by atoms with Crippen LogP contribution in [0.2, 0.25) is 0 Å². The van der Waals surface area contributed by atoms with Gasteiger partial charge >= 0.3 is 0 Å². The first-order chi connectivity index (χ1) is 23.8. The molecule has 2 aliphatic carbocycles. The second-order valence-corrected chi connectivity index (χ2v) is 15.4. The van der Waals surface area contributed by atoms with E-state index < -0.39 is 23.7 Å². The minimum Gasteiger partial charge on any atom is -0.362 e. The van der Waals surface area contributed by atoms with Gasteiger partial charge in [0, 0.05) is 38.0 Å². The molecular formula is C38H53FN6O4. The minimum absolute atomic E-state index is 0.0545. The van der Waals surface area contributed by atoms with Gasteiger partial charge in [0.15, 0.2) is 12.1 Å². The van der Waals surface area contributed by atoms with Crippen molar-refractivity contribution in [2.45, 2.75) is 119 Å². The molecule has 4 heterocycles. The summed E-state index contributed by atoms with van der Waals surface area (Å²) in [6, 6.07) is 6.67. The number of carbonyl (C=O) groups is 2. The van der Waals surface area contributed by atoms with E-state index in [1.165, 1.54) is 31.1 Å². The number of rotatable bonds is 7. The molecule has 2 N–H and O–H groups in total. The maximum absolute atomic E-state index is 15.1. The highest BCUT2D eigenvalue weighted by atomic mass is 19.1. The summed E-state index contributed by atoms with van der Waals surface area (Å²) in [6.07, 6.45) is 11.7. The highest BCUT2D eigenvalue weighted by Crippen LogP contribution is 2.50. The third kappa shape index (κ3) is 6.49. The van der Waals surface area contributed by atoms with Crippen molar-refractivity contribution < 1.29 is 23.5 Å². The molecule has 1 aromatic carbocycles. The number of ether oxygens (including phenoxy) is 2. The van der Waals surface area contributed by atoms with Crippen LogP contribution in [0.15, 0.2) is 30.9 Å². The topological polar surface area (TPSA) is 110 Å². The number of nitriles is 1. The first-order valence-corrected chi connectivity index (χ1v) is 18.6. The van der Waals surface area contributed by atoms with Crippen LogP contribution in [-0.4, -0.2) is 102 Å². The second kappa shape index (κ2) is 14.5. The molecule has 0 bridgehead atoms. The maximum atomic E-state index is 15.1. The summed E-state index contributed by atoms with van der Waals surface area (Å²) in [6.45, 7) is 7.19. The molecule has 1 amide bonds. The average molecular weight is 677 g/mol. The van der Waals surface area contributed by atoms with E-state index in [9.17, 15) is 14.4 Å². The Kier molecular flexibility index (Phi) is 10.3. The highest BCUT2D eigenvalue weighted by Gasteiger charge is 2.63. The van der Waals surface area contributed by atoms with E-state index in [-0.39, 0.29) is 48.4 Å². The Bertz CT molecular complexity index is 1450. The number of likely N-dealkylation sites (tertiary alicyclic amines) is 1. The lowest BCUT2D eigenvalue weighted by molar-refractivity contribution is -0.200. The SMILES string of the molecule is C=CC(=O)N1CCN(C2(C3CCCCCC3)NC(OCC3CCCN3C)NC3C(=O)[C@@]4(CCC32)Cc2ccc(F)cc2CO4)CC1CC#N. The van der Waals surface area contributed by atoms with E-state index in [1.54, 1.807) is 4.90 Å². The van der Waals surface area contributed by atoms with E-state index in [0.717, 1.165) is 62.6 Å². The molecule has 0 radical (unpaired) electrons. The van der Waals surface area contributed by atoms with Crippen LogP contribution >= 0.6 is 0 Å². The molecule has 0 aromatic heterocycles. The lowest BCUT2D eigenvalue weighted by Gasteiger charge is -2.63. The number of carbonyl (C=O) groups excluding carboxylic acids is 2. The predicted molar refractivity (Wildman–Crippen MR) is 182 cm³/mol. The Morgan fingerprint density at radius 1 is 1.12 bits per heavy atom. The fourth-order valence-corrected chi connectivity index (χ4v) is 10.2. The molecule has 49 heavy (non-hydrogen) atoms. The quantitative estimate of drug-likeness (QED) is 0.329. The standard InChI is InChI=1S/C38H53FN6O4/c1-3-33(46)45-20-19-44(23-30(45)15-17-40)38(28-9-6-4-5-7-10-28)32-14-16-37(22-26-12-13-29(39)21-27(26)24-49-37)35(47)34(32)41-36(42-38)48-25-31-11-8-18-43(31)2/h3,12-13,21,28,30-32,34,36,41-42H,1,4-11,14-16,18-20,22-25H2,2H3/t30?,31?,32?,34?,36?,37-,38?/m1/s1. The van der Waals surface area contributed by atoms with Crippen molar-refractivity contribution in [1.29, 1.82) is 5.26 Å². The fourth-order valence-electron chi connectivity index (χ4n) is 10.2. The number of ketones is 1. The zero-order chi connectivity index (χ0) is 34.2. The van der Waals surface area contributed by atoms with Crippen molar-refractivity contribution in [2.24, 2.45) is 11.8 Å². The molecule has 1 aromatic rings. The van der Waals surface area contributed by atoms with Gasteiger partial charge in [0.25, 0.3) is 0 Å². The Hall–Kier alpha value is -2.72. The Morgan fingerprint density at radius 2 is 1.94 bits per heavy atom. The van der Waals surface area contributed by atoms with Crippen LogP contribution in [0.5, 0.6) is 0 Å². The van der Waals surface area contributed by atoms with Gasteiger partial charge in [0.1, 0.15) is 11.4 Å². The number of likely N-dealkylation sites (N-methyl/N-ethyl adjacent to an activating group) is 1. The van der Waals surface area contributed by atoms with Crippen LogP contribution in [-0.2, 0) is 32.1 Å². The number of hydrogen-bond acceptors (Lipinski definition) is 9. The van der Waals surface area contributed by atoms with Gasteiger partial charge in [0.05, 0.1) is 43.5 Å². The number of halogens is 1. The number of fused-ring (bicyclic) bond motifs is 2. The maximum Gasteiger partial charge on any atom is 0.246 e. The van der Waals surface area contributed by atoms with Crippen molar-refractivity contribution in [3.05, 3.63) is 47.8 Å². The Morgan fingerprint density at radius 3 is 2.67 bits per heavy atom. The summed E-state index contributed by atoms with van der Waals surface area (Å²) in [5, 5.41) is 17.6. The minimum atomic E-state index is -0.986. The smallest absolute Gasteiger partial charge is 0.246 e. The second-order valence-electron chi connectivity index (χ2n) is 15.4.